The van der Waals surface area contributed by atoms with Gasteiger partial charge in [-0.05, 0) is 37.1 Å². The number of amides is 1. The molecule has 27 heavy (non-hydrogen) atoms. The zero-order valence-corrected chi connectivity index (χ0v) is 14.9. The highest BCUT2D eigenvalue weighted by atomic mass is 16.1. The molecule has 0 saturated carbocycles. The minimum absolute atomic E-state index is 0.0461. The maximum Gasteiger partial charge on any atom is 0.229 e. The molecule has 0 radical (unpaired) electrons. The van der Waals surface area contributed by atoms with Crippen molar-refractivity contribution in [1.82, 2.24) is 4.98 Å². The van der Waals surface area contributed by atoms with Crippen LogP contribution in [0, 0.1) is 17.2 Å². The van der Waals surface area contributed by atoms with Gasteiger partial charge in [0.1, 0.15) is 11.8 Å². The molecule has 1 saturated heterocycles. The quantitative estimate of drug-likeness (QED) is 0.771. The van der Waals surface area contributed by atoms with Crippen molar-refractivity contribution in [1.29, 1.82) is 5.26 Å². The average molecular weight is 356 g/mol. The number of anilines is 2. The van der Waals surface area contributed by atoms with Gasteiger partial charge in [-0.1, -0.05) is 36.4 Å². The van der Waals surface area contributed by atoms with E-state index in [1.807, 2.05) is 60.7 Å². The molecule has 1 aliphatic rings. The van der Waals surface area contributed by atoms with E-state index >= 15 is 0 Å². The molecule has 134 valence electrons. The van der Waals surface area contributed by atoms with Crippen LogP contribution in [0.1, 0.15) is 18.5 Å². The number of carbonyl (C=O) groups is 1. The van der Waals surface area contributed by atoms with Crippen LogP contribution < -0.4 is 10.2 Å². The van der Waals surface area contributed by atoms with Gasteiger partial charge in [0.25, 0.3) is 0 Å². The molecule has 2 heterocycles. The number of carbonyl (C=O) groups excluding carboxylic acids is 1. The number of pyridine rings is 1. The van der Waals surface area contributed by atoms with Crippen molar-refractivity contribution >= 4 is 28.2 Å². The van der Waals surface area contributed by atoms with Crippen LogP contribution in [0.5, 0.6) is 0 Å². The van der Waals surface area contributed by atoms with Crippen LogP contribution in [-0.4, -0.2) is 24.0 Å². The molecule has 2 aromatic carbocycles. The Bertz CT molecular complexity index is 1010. The zero-order chi connectivity index (χ0) is 18.6. The first-order valence-corrected chi connectivity index (χ1v) is 9.15. The van der Waals surface area contributed by atoms with Crippen LogP contribution >= 0.6 is 0 Å². The van der Waals surface area contributed by atoms with Crippen molar-refractivity contribution in [3.05, 3.63) is 66.4 Å². The molecular formula is C22H20N4O. The number of piperidine rings is 1. The number of nitrogens with one attached hydrogen (secondary N) is 1. The van der Waals surface area contributed by atoms with Gasteiger partial charge in [-0.15, -0.1) is 0 Å². The maximum atomic E-state index is 12.7. The first-order chi connectivity index (χ1) is 13.2. The van der Waals surface area contributed by atoms with E-state index in [4.69, 9.17) is 0 Å². The summed E-state index contributed by atoms with van der Waals surface area (Å²) in [5, 5.41) is 13.4. The Morgan fingerprint density at radius 3 is 2.74 bits per heavy atom. The summed E-state index contributed by atoms with van der Waals surface area (Å²) in [6.07, 6.45) is 1.80. The first-order valence-electron chi connectivity index (χ1n) is 9.15. The van der Waals surface area contributed by atoms with Crippen LogP contribution in [0.4, 0.5) is 11.4 Å². The summed E-state index contributed by atoms with van der Waals surface area (Å²) < 4.78 is 0. The summed E-state index contributed by atoms with van der Waals surface area (Å²) in [4.78, 5) is 19.3. The number of hydrogen-bond donors (Lipinski definition) is 1. The number of nitriles is 1. The maximum absolute atomic E-state index is 12.7. The Kier molecular flexibility index (Phi) is 4.71. The Labute approximate surface area is 158 Å². The minimum Gasteiger partial charge on any atom is -0.370 e. The fraction of sp³-hybridized carbons (Fsp3) is 0.227. The second-order valence-corrected chi connectivity index (χ2v) is 6.80. The summed E-state index contributed by atoms with van der Waals surface area (Å²) in [7, 11) is 0. The Hall–Kier alpha value is -3.39. The third-order valence-corrected chi connectivity index (χ3v) is 4.98. The average Bonchev–Trinajstić information content (AvgIpc) is 2.73. The highest BCUT2D eigenvalue weighted by Crippen LogP contribution is 2.30. The standard InChI is InChI=1S/C22H20N4O/c23-14-18-13-21(19-10-4-5-11-20(19)24-18)26-12-6-7-16(15-26)22(27)25-17-8-2-1-3-9-17/h1-5,8-11,13,16H,6-7,12,15H2,(H,25,27). The molecule has 1 aliphatic heterocycles. The molecule has 4 rings (SSSR count). The van der Waals surface area contributed by atoms with E-state index in [1.165, 1.54) is 0 Å². The van der Waals surface area contributed by atoms with Gasteiger partial charge in [0, 0.05) is 29.9 Å². The van der Waals surface area contributed by atoms with Crippen LogP contribution in [0.3, 0.4) is 0 Å². The fourth-order valence-corrected chi connectivity index (χ4v) is 3.65. The smallest absolute Gasteiger partial charge is 0.229 e. The minimum atomic E-state index is -0.0866. The number of benzene rings is 2. The molecule has 1 fully saturated rings. The van der Waals surface area contributed by atoms with Crippen molar-refractivity contribution < 1.29 is 4.79 Å². The zero-order valence-electron chi connectivity index (χ0n) is 14.9. The molecule has 1 atom stereocenters. The molecule has 1 unspecified atom stereocenters. The van der Waals surface area contributed by atoms with Crippen LogP contribution in [0.25, 0.3) is 10.9 Å². The summed E-state index contributed by atoms with van der Waals surface area (Å²) >= 11 is 0. The number of aromatic nitrogens is 1. The number of hydrogen-bond acceptors (Lipinski definition) is 4. The molecule has 1 aromatic heterocycles. The summed E-state index contributed by atoms with van der Waals surface area (Å²) in [5.74, 6) is -0.0406. The third kappa shape index (κ3) is 3.61. The topological polar surface area (TPSA) is 69.0 Å². The molecular weight excluding hydrogens is 336 g/mol. The number of fused-ring (bicyclic) bond motifs is 1. The molecule has 5 heteroatoms. The number of nitrogens with zero attached hydrogens (tertiary/aromatic N) is 3. The molecule has 0 spiro atoms. The Morgan fingerprint density at radius 2 is 1.93 bits per heavy atom. The normalized spacial score (nSPS) is 16.7. The highest BCUT2D eigenvalue weighted by Gasteiger charge is 2.27. The van der Waals surface area contributed by atoms with E-state index in [0.29, 0.717) is 12.2 Å². The molecule has 1 N–H and O–H groups in total. The Balaban J connectivity index is 1.59. The van der Waals surface area contributed by atoms with E-state index in [-0.39, 0.29) is 11.8 Å². The summed E-state index contributed by atoms with van der Waals surface area (Å²) in [6, 6.07) is 21.4. The van der Waals surface area contributed by atoms with Gasteiger partial charge >= 0.3 is 0 Å². The SMILES string of the molecule is N#Cc1cc(N2CCCC(C(=O)Nc3ccccc3)C2)c2ccccc2n1. The lowest BCUT2D eigenvalue weighted by Gasteiger charge is -2.34. The summed E-state index contributed by atoms with van der Waals surface area (Å²) in [6.45, 7) is 1.51. The van der Waals surface area contributed by atoms with E-state index < -0.39 is 0 Å². The number of rotatable bonds is 3. The lowest BCUT2D eigenvalue weighted by Crippen LogP contribution is -2.41. The lowest BCUT2D eigenvalue weighted by molar-refractivity contribution is -0.120. The molecule has 0 aliphatic carbocycles. The second-order valence-electron chi connectivity index (χ2n) is 6.80. The van der Waals surface area contributed by atoms with Crippen molar-refractivity contribution in [2.75, 3.05) is 23.3 Å². The predicted octanol–water partition coefficient (Wildman–Crippen LogP) is 3.96. The van der Waals surface area contributed by atoms with E-state index in [2.05, 4.69) is 21.3 Å². The summed E-state index contributed by atoms with van der Waals surface area (Å²) in [5.41, 5.74) is 3.01. The number of para-hydroxylation sites is 2. The van der Waals surface area contributed by atoms with Crippen LogP contribution in [-0.2, 0) is 4.79 Å². The largest absolute Gasteiger partial charge is 0.370 e. The second kappa shape index (κ2) is 7.46. The fourth-order valence-electron chi connectivity index (χ4n) is 3.65. The molecule has 0 bridgehead atoms. The van der Waals surface area contributed by atoms with Gasteiger partial charge < -0.3 is 10.2 Å². The lowest BCUT2D eigenvalue weighted by atomic mass is 9.96. The van der Waals surface area contributed by atoms with Crippen molar-refractivity contribution in [2.45, 2.75) is 12.8 Å². The van der Waals surface area contributed by atoms with Crippen molar-refractivity contribution in [3.63, 3.8) is 0 Å². The molecule has 1 amide bonds. The van der Waals surface area contributed by atoms with E-state index in [0.717, 1.165) is 41.7 Å². The highest BCUT2D eigenvalue weighted by molar-refractivity contribution is 5.95. The van der Waals surface area contributed by atoms with Gasteiger partial charge in [-0.3, -0.25) is 4.79 Å². The predicted molar refractivity (Wildman–Crippen MR) is 106 cm³/mol. The van der Waals surface area contributed by atoms with Crippen LogP contribution in [0.2, 0.25) is 0 Å². The van der Waals surface area contributed by atoms with Gasteiger partial charge in [0.15, 0.2) is 0 Å². The monoisotopic (exact) mass is 356 g/mol. The molecule has 5 nitrogen and oxygen atoms in total. The van der Waals surface area contributed by atoms with Gasteiger partial charge in [0.05, 0.1) is 11.4 Å². The first kappa shape index (κ1) is 17.0. The van der Waals surface area contributed by atoms with Crippen molar-refractivity contribution in [3.8, 4) is 6.07 Å². The van der Waals surface area contributed by atoms with Crippen molar-refractivity contribution in [2.24, 2.45) is 5.92 Å². The van der Waals surface area contributed by atoms with E-state index in [9.17, 15) is 10.1 Å². The molecule has 3 aromatic rings. The Morgan fingerprint density at radius 1 is 1.15 bits per heavy atom. The van der Waals surface area contributed by atoms with Gasteiger partial charge in [-0.2, -0.15) is 5.26 Å². The van der Waals surface area contributed by atoms with E-state index in [1.54, 1.807) is 0 Å². The van der Waals surface area contributed by atoms with Crippen LogP contribution in [0.15, 0.2) is 60.7 Å². The van der Waals surface area contributed by atoms with Gasteiger partial charge in [0.2, 0.25) is 5.91 Å². The third-order valence-electron chi connectivity index (χ3n) is 4.98. The van der Waals surface area contributed by atoms with Gasteiger partial charge in [-0.25, -0.2) is 4.98 Å².